The predicted octanol–water partition coefficient (Wildman–Crippen LogP) is 3.19. The number of rotatable bonds is 4. The lowest BCUT2D eigenvalue weighted by molar-refractivity contribution is -0.122. The Morgan fingerprint density at radius 2 is 1.86 bits per heavy atom. The first-order valence-corrected chi connectivity index (χ1v) is 7.34. The number of halogens is 2. The number of nitrogens with one attached hydrogen (secondary N) is 1. The van der Waals surface area contributed by atoms with Crippen molar-refractivity contribution in [2.75, 3.05) is 19.4 Å². The molecule has 0 spiro atoms. The fourth-order valence-electron chi connectivity index (χ4n) is 2.78. The van der Waals surface area contributed by atoms with Crippen LogP contribution in [-0.4, -0.2) is 30.4 Å². The van der Waals surface area contributed by atoms with E-state index in [1.165, 1.54) is 12.0 Å². The van der Waals surface area contributed by atoms with Crippen molar-refractivity contribution >= 4 is 36.4 Å². The zero-order valence-corrected chi connectivity index (χ0v) is 14.9. The number of carbonyl (C=O) groups is 1. The summed E-state index contributed by atoms with van der Waals surface area (Å²) in [4.78, 5) is 14.5. The van der Waals surface area contributed by atoms with Crippen molar-refractivity contribution in [1.29, 1.82) is 0 Å². The van der Waals surface area contributed by atoms with Crippen LogP contribution in [0.5, 0.6) is 0 Å². The van der Waals surface area contributed by atoms with Crippen molar-refractivity contribution in [3.8, 4) is 0 Å². The molecule has 0 aliphatic heterocycles. The quantitative estimate of drug-likeness (QED) is 0.879. The zero-order valence-electron chi connectivity index (χ0n) is 13.3. The van der Waals surface area contributed by atoms with Crippen LogP contribution in [0.4, 0.5) is 5.69 Å². The number of nitrogens with two attached hydrogens (primary N) is 1. The van der Waals surface area contributed by atoms with Crippen LogP contribution >= 0.6 is 24.8 Å². The lowest BCUT2D eigenvalue weighted by atomic mass is 9.82. The van der Waals surface area contributed by atoms with Crippen LogP contribution in [0, 0.1) is 0 Å². The Morgan fingerprint density at radius 1 is 1.23 bits per heavy atom. The van der Waals surface area contributed by atoms with Crippen LogP contribution in [0.1, 0.15) is 37.7 Å². The van der Waals surface area contributed by atoms with Crippen molar-refractivity contribution in [3.05, 3.63) is 29.8 Å². The standard InChI is InChI=1S/C16H25N3O.2ClH/c1-19(2)12-13-7-6-8-14(11-13)18-15(20)16(17)9-4-3-5-10-16;;/h6-8,11H,3-5,9-10,12,17H2,1-2H3,(H,18,20);2*1H. The first-order chi connectivity index (χ1) is 9.49. The molecule has 1 aliphatic carbocycles. The highest BCUT2D eigenvalue weighted by Crippen LogP contribution is 2.27. The molecule has 0 bridgehead atoms. The minimum Gasteiger partial charge on any atom is -0.324 e. The van der Waals surface area contributed by atoms with E-state index in [1.54, 1.807) is 0 Å². The van der Waals surface area contributed by atoms with Gasteiger partial charge in [0.2, 0.25) is 5.91 Å². The van der Waals surface area contributed by atoms with Gasteiger partial charge in [-0.1, -0.05) is 31.4 Å². The minimum absolute atomic E-state index is 0. The van der Waals surface area contributed by atoms with Crippen molar-refractivity contribution in [2.45, 2.75) is 44.2 Å². The van der Waals surface area contributed by atoms with Crippen molar-refractivity contribution in [3.63, 3.8) is 0 Å². The summed E-state index contributed by atoms with van der Waals surface area (Å²) in [6, 6.07) is 7.97. The van der Waals surface area contributed by atoms with Gasteiger partial charge in [0, 0.05) is 12.2 Å². The third kappa shape index (κ3) is 5.76. The van der Waals surface area contributed by atoms with Gasteiger partial charge in [-0.2, -0.15) is 0 Å². The number of hydrogen-bond donors (Lipinski definition) is 2. The second-order valence-corrected chi connectivity index (χ2v) is 6.11. The lowest BCUT2D eigenvalue weighted by Crippen LogP contribution is -2.52. The van der Waals surface area contributed by atoms with Gasteiger partial charge in [-0.15, -0.1) is 24.8 Å². The smallest absolute Gasteiger partial charge is 0.244 e. The van der Waals surface area contributed by atoms with Crippen LogP contribution in [-0.2, 0) is 11.3 Å². The summed E-state index contributed by atoms with van der Waals surface area (Å²) >= 11 is 0. The SMILES string of the molecule is CN(C)Cc1cccc(NC(=O)C2(N)CCCCC2)c1.Cl.Cl. The van der Waals surface area contributed by atoms with Gasteiger partial charge in [0.15, 0.2) is 0 Å². The average Bonchev–Trinajstić information content (AvgIpc) is 2.39. The highest BCUT2D eigenvalue weighted by atomic mass is 35.5. The number of nitrogens with zero attached hydrogens (tertiary/aromatic N) is 1. The second-order valence-electron chi connectivity index (χ2n) is 6.11. The van der Waals surface area contributed by atoms with Crippen molar-refractivity contribution in [2.24, 2.45) is 5.73 Å². The molecule has 0 radical (unpaired) electrons. The van der Waals surface area contributed by atoms with E-state index in [-0.39, 0.29) is 30.7 Å². The fourth-order valence-corrected chi connectivity index (χ4v) is 2.78. The molecule has 22 heavy (non-hydrogen) atoms. The van der Waals surface area contributed by atoms with E-state index in [1.807, 2.05) is 32.3 Å². The molecule has 1 aliphatic rings. The van der Waals surface area contributed by atoms with E-state index in [0.29, 0.717) is 0 Å². The summed E-state index contributed by atoms with van der Waals surface area (Å²) in [6.45, 7) is 0.859. The molecule has 1 aromatic rings. The summed E-state index contributed by atoms with van der Waals surface area (Å²) in [5.74, 6) is -0.0424. The van der Waals surface area contributed by atoms with Gasteiger partial charge in [0.1, 0.15) is 0 Å². The predicted molar refractivity (Wildman–Crippen MR) is 97.0 cm³/mol. The van der Waals surface area contributed by atoms with Gasteiger partial charge in [-0.3, -0.25) is 4.79 Å². The summed E-state index contributed by atoms with van der Waals surface area (Å²) in [5, 5.41) is 2.98. The molecule has 0 unspecified atom stereocenters. The first-order valence-electron chi connectivity index (χ1n) is 7.34. The monoisotopic (exact) mass is 347 g/mol. The van der Waals surface area contributed by atoms with E-state index in [0.717, 1.165) is 37.9 Å². The number of amides is 1. The van der Waals surface area contributed by atoms with Crippen LogP contribution < -0.4 is 11.1 Å². The molecule has 3 N–H and O–H groups in total. The number of benzene rings is 1. The molecule has 1 fully saturated rings. The van der Waals surface area contributed by atoms with Crippen LogP contribution in [0.15, 0.2) is 24.3 Å². The number of anilines is 1. The van der Waals surface area contributed by atoms with Gasteiger partial charge in [-0.05, 0) is 44.6 Å². The van der Waals surface area contributed by atoms with E-state index in [2.05, 4.69) is 16.3 Å². The number of carbonyl (C=O) groups excluding carboxylic acids is 1. The van der Waals surface area contributed by atoms with Gasteiger partial charge < -0.3 is 16.0 Å². The second kappa shape index (κ2) is 9.36. The van der Waals surface area contributed by atoms with Gasteiger partial charge in [0.05, 0.1) is 5.54 Å². The molecule has 1 aromatic carbocycles. The molecule has 0 atom stereocenters. The molecule has 1 amide bonds. The van der Waals surface area contributed by atoms with E-state index >= 15 is 0 Å². The van der Waals surface area contributed by atoms with E-state index in [4.69, 9.17) is 5.73 Å². The maximum absolute atomic E-state index is 12.4. The molecule has 126 valence electrons. The Morgan fingerprint density at radius 3 is 2.45 bits per heavy atom. The van der Waals surface area contributed by atoms with E-state index in [9.17, 15) is 4.79 Å². The van der Waals surface area contributed by atoms with Crippen LogP contribution in [0.2, 0.25) is 0 Å². The molecular weight excluding hydrogens is 321 g/mol. The Bertz CT molecular complexity index is 474. The Hall–Kier alpha value is -0.810. The molecule has 0 aromatic heterocycles. The van der Waals surface area contributed by atoms with E-state index < -0.39 is 5.54 Å². The zero-order chi connectivity index (χ0) is 14.6. The third-order valence-electron chi connectivity index (χ3n) is 3.88. The van der Waals surface area contributed by atoms with Crippen LogP contribution in [0.25, 0.3) is 0 Å². The van der Waals surface area contributed by atoms with Gasteiger partial charge in [-0.25, -0.2) is 0 Å². The Kier molecular flexibility index (Phi) is 9.01. The van der Waals surface area contributed by atoms with Crippen molar-refractivity contribution in [1.82, 2.24) is 4.90 Å². The topological polar surface area (TPSA) is 58.4 Å². The van der Waals surface area contributed by atoms with Crippen LogP contribution in [0.3, 0.4) is 0 Å². The molecule has 0 heterocycles. The van der Waals surface area contributed by atoms with Gasteiger partial charge >= 0.3 is 0 Å². The Labute approximate surface area is 145 Å². The average molecular weight is 348 g/mol. The third-order valence-corrected chi connectivity index (χ3v) is 3.88. The lowest BCUT2D eigenvalue weighted by Gasteiger charge is -2.31. The molecule has 2 rings (SSSR count). The normalized spacial score (nSPS) is 16.4. The molecule has 1 saturated carbocycles. The van der Waals surface area contributed by atoms with Gasteiger partial charge in [0.25, 0.3) is 0 Å². The summed E-state index contributed by atoms with van der Waals surface area (Å²) in [6.07, 6.45) is 4.85. The Balaban J connectivity index is 0.00000220. The number of hydrogen-bond acceptors (Lipinski definition) is 3. The molecule has 4 nitrogen and oxygen atoms in total. The fraction of sp³-hybridized carbons (Fsp3) is 0.562. The highest BCUT2D eigenvalue weighted by molar-refractivity contribution is 5.98. The summed E-state index contributed by atoms with van der Waals surface area (Å²) < 4.78 is 0. The summed E-state index contributed by atoms with van der Waals surface area (Å²) in [5.41, 5.74) is 7.58. The molecular formula is C16H27Cl2N3O. The van der Waals surface area contributed by atoms with Crippen molar-refractivity contribution < 1.29 is 4.79 Å². The maximum Gasteiger partial charge on any atom is 0.244 e. The first kappa shape index (κ1) is 21.2. The molecule has 0 saturated heterocycles. The highest BCUT2D eigenvalue weighted by Gasteiger charge is 2.35. The molecule has 6 heteroatoms. The summed E-state index contributed by atoms with van der Waals surface area (Å²) in [7, 11) is 4.06. The maximum atomic E-state index is 12.4. The minimum atomic E-state index is -0.685. The largest absolute Gasteiger partial charge is 0.324 e.